The number of guanidine groups is 1. The fourth-order valence-corrected chi connectivity index (χ4v) is 3.75. The molecule has 2 amide bonds. The van der Waals surface area contributed by atoms with Gasteiger partial charge in [-0.3, -0.25) is 19.4 Å². The molecule has 0 saturated carbocycles. The molecule has 216 valence electrons. The maximum absolute atomic E-state index is 12.5. The summed E-state index contributed by atoms with van der Waals surface area (Å²) < 4.78 is 31.7. The van der Waals surface area contributed by atoms with E-state index < -0.39 is 36.0 Å². The summed E-state index contributed by atoms with van der Waals surface area (Å²) in [6, 6.07) is 10.5. The third-order valence-electron chi connectivity index (χ3n) is 4.94. The topological polar surface area (TPSA) is 169 Å². The van der Waals surface area contributed by atoms with E-state index in [1.807, 2.05) is 0 Å². The second-order valence-electron chi connectivity index (χ2n) is 8.12. The maximum atomic E-state index is 12.5. The van der Waals surface area contributed by atoms with Crippen molar-refractivity contribution in [2.24, 2.45) is 4.99 Å². The number of carbonyl (C=O) groups is 4. The van der Waals surface area contributed by atoms with Crippen molar-refractivity contribution in [2.75, 3.05) is 25.0 Å². The first kappa shape index (κ1) is 32.2. The molecule has 0 aromatic heterocycles. The van der Waals surface area contributed by atoms with E-state index in [-0.39, 0.29) is 13.0 Å². The molecule has 0 aliphatic carbocycles. The molecule has 1 aliphatic heterocycles. The molecule has 6 N–H and O–H groups in total. The third kappa shape index (κ3) is 11.4. The van der Waals surface area contributed by atoms with E-state index in [1.165, 1.54) is 18.2 Å². The molecule has 0 spiro atoms. The zero-order valence-electron chi connectivity index (χ0n) is 20.5. The Kier molecular flexibility index (Phi) is 12.0. The largest absolute Gasteiger partial charge is 0.490 e. The molecule has 0 fully saturated rings. The summed E-state index contributed by atoms with van der Waals surface area (Å²) in [5, 5.41) is 28.4. The average Bonchev–Trinajstić information content (AvgIpc) is 2.86. The molecule has 16 heteroatoms. The van der Waals surface area contributed by atoms with Gasteiger partial charge in [0.05, 0.1) is 19.0 Å². The molecule has 1 aliphatic rings. The molecule has 2 aromatic carbocycles. The summed E-state index contributed by atoms with van der Waals surface area (Å²) in [7, 11) is 0. The Labute approximate surface area is 235 Å². The standard InChI is InChI=1S/C22H23Cl2N5O4.C2HF3O2/c23-15-7-14(8-16(24)10-15)18(11-20(31)32)29-19(30)12-27-21(33)13-3-1-4-17(9-13)28-22-25-5-2-6-26-22;3-2(4,5)1(6)7/h1,3-4,7-10,18H,2,5-6,11-12H2,(H,27,33)(H,29,30)(H,31,32)(H2,25,26,28);(H,6,7). The predicted octanol–water partition coefficient (Wildman–Crippen LogP) is 3.45. The number of aliphatic carboxylic acids is 2. The van der Waals surface area contributed by atoms with E-state index >= 15 is 0 Å². The van der Waals surface area contributed by atoms with Crippen LogP contribution in [0.5, 0.6) is 0 Å². The fourth-order valence-electron chi connectivity index (χ4n) is 3.20. The van der Waals surface area contributed by atoms with Crippen LogP contribution in [0, 0.1) is 0 Å². The van der Waals surface area contributed by atoms with Gasteiger partial charge in [-0.2, -0.15) is 13.2 Å². The zero-order chi connectivity index (χ0) is 29.9. The van der Waals surface area contributed by atoms with Gasteiger partial charge in [-0.15, -0.1) is 0 Å². The molecule has 1 unspecified atom stereocenters. The van der Waals surface area contributed by atoms with Crippen LogP contribution in [0.3, 0.4) is 0 Å². The van der Waals surface area contributed by atoms with Crippen molar-refractivity contribution in [3.05, 3.63) is 63.6 Å². The molecular weight excluding hydrogens is 582 g/mol. The number of anilines is 1. The third-order valence-corrected chi connectivity index (χ3v) is 5.37. The number of nitrogens with one attached hydrogen (secondary N) is 4. The Bertz CT molecular complexity index is 1260. The van der Waals surface area contributed by atoms with Crippen molar-refractivity contribution in [3.8, 4) is 0 Å². The normalized spacial score (nSPS) is 13.4. The highest BCUT2D eigenvalue weighted by Gasteiger charge is 2.38. The van der Waals surface area contributed by atoms with E-state index in [4.69, 9.17) is 33.1 Å². The van der Waals surface area contributed by atoms with Gasteiger partial charge < -0.3 is 31.5 Å². The molecule has 0 radical (unpaired) electrons. The quantitative estimate of drug-likeness (QED) is 0.266. The number of halogens is 5. The molecule has 3 rings (SSSR count). The lowest BCUT2D eigenvalue weighted by atomic mass is 10.0. The lowest BCUT2D eigenvalue weighted by Crippen LogP contribution is -2.39. The summed E-state index contributed by atoms with van der Waals surface area (Å²) in [5.41, 5.74) is 1.49. The Morgan fingerprint density at radius 3 is 2.25 bits per heavy atom. The number of amides is 2. The number of rotatable bonds is 8. The van der Waals surface area contributed by atoms with E-state index in [0.29, 0.717) is 32.8 Å². The van der Waals surface area contributed by atoms with Crippen LogP contribution in [0.4, 0.5) is 18.9 Å². The highest BCUT2D eigenvalue weighted by molar-refractivity contribution is 6.34. The first-order chi connectivity index (χ1) is 18.7. The highest BCUT2D eigenvalue weighted by atomic mass is 35.5. The van der Waals surface area contributed by atoms with E-state index in [1.54, 1.807) is 24.3 Å². The van der Waals surface area contributed by atoms with Crippen LogP contribution in [0.1, 0.15) is 34.8 Å². The van der Waals surface area contributed by atoms with Crippen LogP contribution >= 0.6 is 23.2 Å². The first-order valence-corrected chi connectivity index (χ1v) is 12.2. The molecule has 2 aromatic rings. The monoisotopic (exact) mass is 605 g/mol. The van der Waals surface area contributed by atoms with Gasteiger partial charge in [0.2, 0.25) is 5.91 Å². The number of benzene rings is 2. The van der Waals surface area contributed by atoms with Crippen molar-refractivity contribution in [3.63, 3.8) is 0 Å². The van der Waals surface area contributed by atoms with Gasteiger partial charge in [-0.25, -0.2) is 4.79 Å². The van der Waals surface area contributed by atoms with Crippen LogP contribution < -0.4 is 21.3 Å². The first-order valence-electron chi connectivity index (χ1n) is 11.5. The Hall–Kier alpha value is -4.04. The molecule has 40 heavy (non-hydrogen) atoms. The van der Waals surface area contributed by atoms with E-state index in [9.17, 15) is 32.7 Å². The van der Waals surface area contributed by atoms with Crippen molar-refractivity contribution in [2.45, 2.75) is 25.1 Å². The molecule has 1 atom stereocenters. The van der Waals surface area contributed by atoms with Gasteiger partial charge in [0, 0.05) is 34.4 Å². The average molecular weight is 606 g/mol. The number of aliphatic imine (C=N–C) groups is 1. The van der Waals surface area contributed by atoms with Crippen molar-refractivity contribution in [1.29, 1.82) is 0 Å². The van der Waals surface area contributed by atoms with E-state index in [0.717, 1.165) is 19.5 Å². The number of carbonyl (C=O) groups excluding carboxylic acids is 2. The van der Waals surface area contributed by atoms with Crippen molar-refractivity contribution < 1.29 is 42.6 Å². The number of carboxylic acid groups (broad SMARTS) is 2. The lowest BCUT2D eigenvalue weighted by Gasteiger charge is -2.18. The number of carboxylic acids is 2. The van der Waals surface area contributed by atoms with Crippen LogP contribution in [-0.2, 0) is 14.4 Å². The van der Waals surface area contributed by atoms with Gasteiger partial charge in [-0.1, -0.05) is 29.3 Å². The SMILES string of the molecule is O=C(O)C(F)(F)F.O=C(O)CC(NC(=O)CNC(=O)c1cccc(NC2=NCCCN2)c1)c1cc(Cl)cc(Cl)c1. The lowest BCUT2D eigenvalue weighted by molar-refractivity contribution is -0.192. The van der Waals surface area contributed by atoms with Gasteiger partial charge in [0.1, 0.15) is 0 Å². The second-order valence-corrected chi connectivity index (χ2v) is 9.00. The Morgan fingerprint density at radius 2 is 1.70 bits per heavy atom. The molecule has 11 nitrogen and oxygen atoms in total. The molecule has 0 bridgehead atoms. The summed E-state index contributed by atoms with van der Waals surface area (Å²) in [6.07, 6.45) is -4.49. The summed E-state index contributed by atoms with van der Waals surface area (Å²) in [6.45, 7) is 1.22. The molecule has 1 heterocycles. The van der Waals surface area contributed by atoms with Gasteiger partial charge in [-0.05, 0) is 48.4 Å². The van der Waals surface area contributed by atoms with Crippen LogP contribution in [0.25, 0.3) is 0 Å². The van der Waals surface area contributed by atoms with E-state index in [2.05, 4.69) is 26.3 Å². The minimum Gasteiger partial charge on any atom is -0.481 e. The fraction of sp³-hybridized carbons (Fsp3) is 0.292. The van der Waals surface area contributed by atoms with Crippen LogP contribution in [0.15, 0.2) is 47.5 Å². The van der Waals surface area contributed by atoms with Gasteiger partial charge >= 0.3 is 18.1 Å². The van der Waals surface area contributed by atoms with Crippen LogP contribution in [0.2, 0.25) is 10.0 Å². The highest BCUT2D eigenvalue weighted by Crippen LogP contribution is 2.25. The number of hydrogen-bond donors (Lipinski definition) is 6. The summed E-state index contributed by atoms with van der Waals surface area (Å²) in [5.74, 6) is -4.23. The van der Waals surface area contributed by atoms with Gasteiger partial charge in [0.25, 0.3) is 5.91 Å². The molecular formula is C24H24Cl2F3N5O6. The number of nitrogens with zero attached hydrogens (tertiary/aromatic N) is 1. The zero-order valence-corrected chi connectivity index (χ0v) is 22.0. The van der Waals surface area contributed by atoms with Crippen molar-refractivity contribution >= 4 is 58.6 Å². The summed E-state index contributed by atoms with van der Waals surface area (Å²) in [4.78, 5) is 49.4. The maximum Gasteiger partial charge on any atom is 0.490 e. The van der Waals surface area contributed by atoms with Crippen molar-refractivity contribution in [1.82, 2.24) is 16.0 Å². The number of hydrogen-bond acceptors (Lipinski definition) is 7. The number of alkyl halides is 3. The minimum atomic E-state index is -5.08. The Balaban J connectivity index is 0.000000708. The van der Waals surface area contributed by atoms with Crippen LogP contribution in [-0.4, -0.2) is 65.7 Å². The second kappa shape index (κ2) is 14.9. The smallest absolute Gasteiger partial charge is 0.481 e. The molecule has 0 saturated heterocycles. The minimum absolute atomic E-state index is 0.318. The summed E-state index contributed by atoms with van der Waals surface area (Å²) >= 11 is 12.0. The predicted molar refractivity (Wildman–Crippen MR) is 141 cm³/mol. The Morgan fingerprint density at radius 1 is 1.05 bits per heavy atom. The van der Waals surface area contributed by atoms with Gasteiger partial charge in [0.15, 0.2) is 5.96 Å².